The molecule has 0 bridgehead atoms. The molecule has 0 radical (unpaired) electrons. The van der Waals surface area contributed by atoms with Crippen molar-refractivity contribution in [3.63, 3.8) is 0 Å². The fraction of sp³-hybridized carbons (Fsp3) is 0.250. The van der Waals surface area contributed by atoms with Crippen LogP contribution in [0.2, 0.25) is 10.0 Å². The van der Waals surface area contributed by atoms with Crippen LogP contribution in [0, 0.1) is 0 Å². The molecule has 2 aromatic rings. The Morgan fingerprint density at radius 1 is 1.10 bits per heavy atom. The average Bonchev–Trinajstić information content (AvgIpc) is 2.44. The number of ether oxygens (including phenoxy) is 1. The van der Waals surface area contributed by atoms with E-state index in [1.165, 1.54) is 0 Å². The lowest BCUT2D eigenvalue weighted by Gasteiger charge is -2.36. The van der Waals surface area contributed by atoms with E-state index in [-0.39, 0.29) is 0 Å². The van der Waals surface area contributed by atoms with E-state index in [2.05, 4.69) is 0 Å². The molecule has 20 heavy (non-hydrogen) atoms. The van der Waals surface area contributed by atoms with E-state index >= 15 is 0 Å². The zero-order valence-corrected chi connectivity index (χ0v) is 12.4. The maximum atomic E-state index is 6.64. The van der Waals surface area contributed by atoms with Crippen LogP contribution in [0.3, 0.4) is 0 Å². The minimum Gasteiger partial charge on any atom is -0.493 e. The van der Waals surface area contributed by atoms with E-state index in [1.807, 2.05) is 36.4 Å². The number of hydrogen-bond acceptors (Lipinski definition) is 2. The van der Waals surface area contributed by atoms with Gasteiger partial charge in [-0.2, -0.15) is 0 Å². The lowest BCUT2D eigenvalue weighted by molar-refractivity contribution is 0.215. The molecule has 3 rings (SSSR count). The first-order valence-corrected chi connectivity index (χ1v) is 7.30. The van der Waals surface area contributed by atoms with E-state index in [0.717, 1.165) is 23.3 Å². The minimum absolute atomic E-state index is 0.469. The van der Waals surface area contributed by atoms with Crippen LogP contribution in [0.15, 0.2) is 42.5 Å². The van der Waals surface area contributed by atoms with Gasteiger partial charge in [-0.1, -0.05) is 53.5 Å². The standard InChI is InChI=1S/C16H15Cl2NO/c17-13-6-3-4-11(15(13)18)10-16(19)8-9-20-14-7-2-1-5-12(14)16/h1-7H,8-10,19H2. The molecule has 104 valence electrons. The Morgan fingerprint density at radius 3 is 2.75 bits per heavy atom. The SMILES string of the molecule is NC1(Cc2cccc(Cl)c2Cl)CCOc2ccccc21. The van der Waals surface area contributed by atoms with E-state index in [1.54, 1.807) is 6.07 Å². The van der Waals surface area contributed by atoms with Crippen LogP contribution in [-0.4, -0.2) is 6.61 Å². The van der Waals surface area contributed by atoms with Gasteiger partial charge in [-0.15, -0.1) is 0 Å². The Labute approximate surface area is 128 Å². The summed E-state index contributed by atoms with van der Waals surface area (Å²) in [4.78, 5) is 0. The number of hydrogen-bond donors (Lipinski definition) is 1. The van der Waals surface area contributed by atoms with Crippen molar-refractivity contribution in [3.05, 3.63) is 63.6 Å². The largest absolute Gasteiger partial charge is 0.493 e. The van der Waals surface area contributed by atoms with Crippen molar-refractivity contribution in [1.82, 2.24) is 0 Å². The molecule has 0 aliphatic carbocycles. The maximum absolute atomic E-state index is 6.64. The van der Waals surface area contributed by atoms with Gasteiger partial charge < -0.3 is 10.5 Å². The quantitative estimate of drug-likeness (QED) is 0.903. The molecule has 0 amide bonds. The van der Waals surface area contributed by atoms with Crippen molar-refractivity contribution in [1.29, 1.82) is 0 Å². The minimum atomic E-state index is -0.469. The second-order valence-electron chi connectivity index (χ2n) is 5.14. The fourth-order valence-corrected chi connectivity index (χ4v) is 3.08. The first-order valence-electron chi connectivity index (χ1n) is 6.54. The molecule has 2 aromatic carbocycles. The Bertz CT molecular complexity index is 644. The van der Waals surface area contributed by atoms with Crippen molar-refractivity contribution < 1.29 is 4.74 Å². The highest BCUT2D eigenvalue weighted by atomic mass is 35.5. The van der Waals surface area contributed by atoms with Gasteiger partial charge in [0.05, 0.1) is 22.2 Å². The van der Waals surface area contributed by atoms with Crippen LogP contribution < -0.4 is 10.5 Å². The third kappa shape index (κ3) is 2.39. The smallest absolute Gasteiger partial charge is 0.124 e. The zero-order valence-electron chi connectivity index (χ0n) is 10.9. The maximum Gasteiger partial charge on any atom is 0.124 e. The van der Waals surface area contributed by atoms with Crippen LogP contribution in [0.25, 0.3) is 0 Å². The molecule has 2 N–H and O–H groups in total. The molecule has 1 heterocycles. The number of benzene rings is 2. The molecule has 0 spiro atoms. The van der Waals surface area contributed by atoms with Crippen LogP contribution in [0.1, 0.15) is 17.5 Å². The molecule has 4 heteroatoms. The Morgan fingerprint density at radius 2 is 1.90 bits per heavy atom. The molecule has 0 saturated carbocycles. The number of rotatable bonds is 2. The van der Waals surface area contributed by atoms with Crippen molar-refractivity contribution >= 4 is 23.2 Å². The van der Waals surface area contributed by atoms with Crippen molar-refractivity contribution in [2.45, 2.75) is 18.4 Å². The van der Waals surface area contributed by atoms with Crippen LogP contribution in [0.4, 0.5) is 0 Å². The lowest BCUT2D eigenvalue weighted by Crippen LogP contribution is -2.43. The summed E-state index contributed by atoms with van der Waals surface area (Å²) in [6.07, 6.45) is 1.40. The van der Waals surface area contributed by atoms with E-state index in [4.69, 9.17) is 33.7 Å². The Kier molecular flexibility index (Phi) is 3.63. The summed E-state index contributed by atoms with van der Waals surface area (Å²) in [5.41, 5.74) is 8.17. The summed E-state index contributed by atoms with van der Waals surface area (Å²) >= 11 is 12.4. The monoisotopic (exact) mass is 307 g/mol. The first kappa shape index (κ1) is 13.7. The predicted octanol–water partition coefficient (Wildman–Crippen LogP) is 4.17. The summed E-state index contributed by atoms with van der Waals surface area (Å²) in [7, 11) is 0. The van der Waals surface area contributed by atoms with Gasteiger partial charge in [-0.25, -0.2) is 0 Å². The van der Waals surface area contributed by atoms with E-state index in [9.17, 15) is 0 Å². The summed E-state index contributed by atoms with van der Waals surface area (Å²) in [5, 5.41) is 1.15. The number of fused-ring (bicyclic) bond motifs is 1. The van der Waals surface area contributed by atoms with Gasteiger partial charge in [0.2, 0.25) is 0 Å². The number of para-hydroxylation sites is 1. The molecule has 1 unspecified atom stereocenters. The predicted molar refractivity (Wildman–Crippen MR) is 82.6 cm³/mol. The number of halogens is 2. The number of nitrogens with two attached hydrogens (primary N) is 1. The topological polar surface area (TPSA) is 35.2 Å². The molecule has 1 aliphatic rings. The molecule has 0 saturated heterocycles. The molecular weight excluding hydrogens is 293 g/mol. The molecule has 0 fully saturated rings. The van der Waals surface area contributed by atoms with Gasteiger partial charge in [0.15, 0.2) is 0 Å². The molecule has 0 aromatic heterocycles. The Balaban J connectivity index is 2.00. The van der Waals surface area contributed by atoms with Crippen LogP contribution in [0.5, 0.6) is 5.75 Å². The van der Waals surface area contributed by atoms with Gasteiger partial charge in [0.25, 0.3) is 0 Å². The fourth-order valence-electron chi connectivity index (χ4n) is 2.69. The average molecular weight is 308 g/mol. The van der Waals surface area contributed by atoms with E-state index < -0.39 is 5.54 Å². The van der Waals surface area contributed by atoms with Crippen LogP contribution >= 0.6 is 23.2 Å². The highest BCUT2D eigenvalue weighted by molar-refractivity contribution is 6.42. The molecule has 2 nitrogen and oxygen atoms in total. The molecule has 1 atom stereocenters. The van der Waals surface area contributed by atoms with Crippen molar-refractivity contribution in [2.24, 2.45) is 5.73 Å². The summed E-state index contributed by atoms with van der Waals surface area (Å²) < 4.78 is 5.67. The van der Waals surface area contributed by atoms with Crippen molar-refractivity contribution in [3.8, 4) is 5.75 Å². The summed E-state index contributed by atoms with van der Waals surface area (Å²) in [6.45, 7) is 0.617. The van der Waals surface area contributed by atoms with Gasteiger partial charge in [-0.3, -0.25) is 0 Å². The normalized spacial score (nSPS) is 21.1. The van der Waals surface area contributed by atoms with E-state index in [0.29, 0.717) is 23.1 Å². The third-order valence-corrected chi connectivity index (χ3v) is 4.62. The first-order chi connectivity index (χ1) is 9.60. The summed E-state index contributed by atoms with van der Waals surface area (Å²) in [5.74, 6) is 0.861. The molecule has 1 aliphatic heterocycles. The highest BCUT2D eigenvalue weighted by Crippen LogP contribution is 2.39. The second kappa shape index (κ2) is 5.28. The van der Waals surface area contributed by atoms with Gasteiger partial charge in [0, 0.05) is 12.0 Å². The Hall–Kier alpha value is -1.22. The van der Waals surface area contributed by atoms with Gasteiger partial charge >= 0.3 is 0 Å². The highest BCUT2D eigenvalue weighted by Gasteiger charge is 2.34. The molecular formula is C16H15Cl2NO. The third-order valence-electron chi connectivity index (χ3n) is 3.77. The van der Waals surface area contributed by atoms with Gasteiger partial charge in [0.1, 0.15) is 5.75 Å². The lowest BCUT2D eigenvalue weighted by atomic mass is 9.80. The van der Waals surface area contributed by atoms with Gasteiger partial charge in [-0.05, 0) is 24.1 Å². The second-order valence-corrected chi connectivity index (χ2v) is 5.93. The zero-order chi connectivity index (χ0) is 14.2. The summed E-state index contributed by atoms with van der Waals surface area (Å²) in [6, 6.07) is 13.6. The van der Waals surface area contributed by atoms with Crippen LogP contribution in [-0.2, 0) is 12.0 Å². The van der Waals surface area contributed by atoms with Crippen molar-refractivity contribution in [2.75, 3.05) is 6.61 Å².